The molecule has 2 atom stereocenters. The van der Waals surface area contributed by atoms with Crippen LogP contribution in [-0.4, -0.2) is 40.8 Å². The molecule has 1 aliphatic heterocycles. The highest BCUT2D eigenvalue weighted by molar-refractivity contribution is 8.00. The third-order valence-corrected chi connectivity index (χ3v) is 5.99. The van der Waals surface area contributed by atoms with Gasteiger partial charge in [-0.3, -0.25) is 9.69 Å². The Bertz CT molecular complexity index is 421. The van der Waals surface area contributed by atoms with E-state index in [1.807, 2.05) is 24.8 Å². The Morgan fingerprint density at radius 1 is 1.61 bits per heavy atom. The average Bonchev–Trinajstić information content (AvgIpc) is 2.83. The molecule has 1 aromatic heterocycles. The van der Waals surface area contributed by atoms with Crippen molar-refractivity contribution in [2.24, 2.45) is 0 Å². The lowest BCUT2D eigenvalue weighted by Gasteiger charge is -2.35. The lowest BCUT2D eigenvalue weighted by molar-refractivity contribution is 0.0846. The molecule has 0 aliphatic carbocycles. The maximum atomic E-state index is 12.4. The number of halogens is 1. The number of Topliss-reactive ketones (excluding diaryl/α,β-unsaturated/α-hetero) is 1. The third kappa shape index (κ3) is 3.29. The second-order valence-electron chi connectivity index (χ2n) is 4.54. The summed E-state index contributed by atoms with van der Waals surface area (Å²) in [5.41, 5.74) is 0. The fourth-order valence-electron chi connectivity index (χ4n) is 2.16. The van der Waals surface area contributed by atoms with Crippen molar-refractivity contribution in [3.63, 3.8) is 0 Å². The van der Waals surface area contributed by atoms with Crippen LogP contribution in [0.4, 0.5) is 0 Å². The molecule has 5 heteroatoms. The van der Waals surface area contributed by atoms with Crippen molar-refractivity contribution in [1.82, 2.24) is 4.90 Å². The van der Waals surface area contributed by atoms with Crippen LogP contribution in [-0.2, 0) is 0 Å². The summed E-state index contributed by atoms with van der Waals surface area (Å²) in [6.45, 7) is 6.26. The Morgan fingerprint density at radius 3 is 3.00 bits per heavy atom. The number of rotatable bonds is 4. The summed E-state index contributed by atoms with van der Waals surface area (Å²) < 4.78 is 0.686. The van der Waals surface area contributed by atoms with Gasteiger partial charge in [0.05, 0.1) is 15.3 Å². The highest BCUT2D eigenvalue weighted by Gasteiger charge is 2.28. The lowest BCUT2D eigenvalue weighted by Crippen LogP contribution is -2.46. The molecule has 1 saturated heterocycles. The zero-order valence-electron chi connectivity index (χ0n) is 10.7. The van der Waals surface area contributed by atoms with Crippen LogP contribution in [0.25, 0.3) is 0 Å². The Kier molecular flexibility index (Phi) is 5.13. The molecule has 2 unspecified atom stereocenters. The molecule has 0 bridgehead atoms. The highest BCUT2D eigenvalue weighted by Crippen LogP contribution is 2.26. The van der Waals surface area contributed by atoms with E-state index in [1.54, 1.807) is 6.07 Å². The molecule has 0 radical (unpaired) electrons. The van der Waals surface area contributed by atoms with Crippen LogP contribution in [0.1, 0.15) is 29.9 Å². The molecule has 0 aromatic carbocycles. The molecule has 18 heavy (non-hydrogen) atoms. The van der Waals surface area contributed by atoms with Gasteiger partial charge in [0.15, 0.2) is 5.78 Å². The fraction of sp³-hybridized carbons (Fsp3) is 0.615. The number of thiophene rings is 1. The summed E-state index contributed by atoms with van der Waals surface area (Å²) >= 11 is 9.29. The van der Waals surface area contributed by atoms with Gasteiger partial charge in [0, 0.05) is 24.1 Å². The highest BCUT2D eigenvalue weighted by atomic mass is 35.5. The van der Waals surface area contributed by atoms with E-state index in [9.17, 15) is 4.79 Å². The molecule has 1 fully saturated rings. The molecule has 100 valence electrons. The van der Waals surface area contributed by atoms with Crippen LogP contribution in [0.5, 0.6) is 0 Å². The van der Waals surface area contributed by atoms with E-state index in [-0.39, 0.29) is 11.8 Å². The van der Waals surface area contributed by atoms with Crippen LogP contribution < -0.4 is 0 Å². The van der Waals surface area contributed by atoms with E-state index in [0.717, 1.165) is 23.7 Å². The zero-order valence-corrected chi connectivity index (χ0v) is 13.1. The van der Waals surface area contributed by atoms with Crippen molar-refractivity contribution in [2.75, 3.05) is 18.8 Å². The predicted octanol–water partition coefficient (Wildman–Crippen LogP) is 3.80. The van der Waals surface area contributed by atoms with E-state index < -0.39 is 0 Å². The average molecular weight is 304 g/mol. The molecule has 1 aromatic rings. The summed E-state index contributed by atoms with van der Waals surface area (Å²) in [6, 6.07) is 3.60. The summed E-state index contributed by atoms with van der Waals surface area (Å²) in [7, 11) is 0. The van der Waals surface area contributed by atoms with Crippen molar-refractivity contribution >= 4 is 40.5 Å². The van der Waals surface area contributed by atoms with Crippen molar-refractivity contribution in [3.05, 3.63) is 21.3 Å². The number of carbonyl (C=O) groups excluding carboxylic acids is 1. The van der Waals surface area contributed by atoms with Crippen LogP contribution >= 0.6 is 34.7 Å². The molecule has 2 nitrogen and oxygen atoms in total. The first kappa shape index (κ1) is 14.4. The minimum absolute atomic E-state index is 0.0327. The van der Waals surface area contributed by atoms with Gasteiger partial charge in [0.1, 0.15) is 0 Å². The van der Waals surface area contributed by atoms with Gasteiger partial charge in [-0.2, -0.15) is 11.8 Å². The molecule has 1 aliphatic rings. The number of hydrogen-bond acceptors (Lipinski definition) is 4. The SMILES string of the molecule is CCC1CN(C(C)C(=O)c2ccc(Cl)s2)CCS1. The first-order valence-electron chi connectivity index (χ1n) is 6.27. The second-order valence-corrected chi connectivity index (χ2v) is 7.66. The third-order valence-electron chi connectivity index (χ3n) is 3.37. The second kappa shape index (κ2) is 6.42. The summed E-state index contributed by atoms with van der Waals surface area (Å²) in [5, 5.41) is 0.668. The van der Waals surface area contributed by atoms with Gasteiger partial charge in [0.25, 0.3) is 0 Å². The van der Waals surface area contributed by atoms with Crippen molar-refractivity contribution in [3.8, 4) is 0 Å². The Balaban J connectivity index is 2.02. The van der Waals surface area contributed by atoms with Crippen LogP contribution in [0.15, 0.2) is 12.1 Å². The molecular weight excluding hydrogens is 286 g/mol. The van der Waals surface area contributed by atoms with Gasteiger partial charge in [-0.05, 0) is 25.5 Å². The maximum Gasteiger partial charge on any atom is 0.189 e. The predicted molar refractivity (Wildman–Crippen MR) is 81.2 cm³/mol. The van der Waals surface area contributed by atoms with E-state index >= 15 is 0 Å². The number of hydrogen-bond donors (Lipinski definition) is 0. The van der Waals surface area contributed by atoms with E-state index in [0.29, 0.717) is 9.59 Å². The topological polar surface area (TPSA) is 20.3 Å². The molecular formula is C13H18ClNOS2. The number of carbonyl (C=O) groups is 1. The van der Waals surface area contributed by atoms with Crippen molar-refractivity contribution in [1.29, 1.82) is 0 Å². The maximum absolute atomic E-state index is 12.4. The van der Waals surface area contributed by atoms with Gasteiger partial charge in [0.2, 0.25) is 0 Å². The minimum Gasteiger partial charge on any atom is -0.292 e. The normalized spacial score (nSPS) is 22.9. The molecule has 0 saturated carbocycles. The lowest BCUT2D eigenvalue weighted by atomic mass is 10.1. The minimum atomic E-state index is -0.0327. The Labute approximate surface area is 122 Å². The number of thioether (sulfide) groups is 1. The summed E-state index contributed by atoms with van der Waals surface area (Å²) in [5.74, 6) is 1.33. The van der Waals surface area contributed by atoms with Gasteiger partial charge in [-0.1, -0.05) is 18.5 Å². The van der Waals surface area contributed by atoms with Gasteiger partial charge >= 0.3 is 0 Å². The van der Waals surface area contributed by atoms with Crippen LogP contribution in [0.2, 0.25) is 4.34 Å². The smallest absolute Gasteiger partial charge is 0.189 e. The van der Waals surface area contributed by atoms with Gasteiger partial charge in [-0.25, -0.2) is 0 Å². The Morgan fingerprint density at radius 2 is 2.39 bits per heavy atom. The molecule has 0 N–H and O–H groups in total. The van der Waals surface area contributed by atoms with Crippen molar-refractivity contribution in [2.45, 2.75) is 31.6 Å². The molecule has 2 heterocycles. The van der Waals surface area contributed by atoms with Gasteiger partial charge in [-0.15, -0.1) is 11.3 Å². The van der Waals surface area contributed by atoms with E-state index in [2.05, 4.69) is 11.8 Å². The largest absolute Gasteiger partial charge is 0.292 e. The Hall–Kier alpha value is -0.0300. The summed E-state index contributed by atoms with van der Waals surface area (Å²) in [4.78, 5) is 15.4. The number of nitrogens with zero attached hydrogens (tertiary/aromatic N) is 1. The number of ketones is 1. The van der Waals surface area contributed by atoms with Crippen LogP contribution in [0, 0.1) is 0 Å². The van der Waals surface area contributed by atoms with E-state index in [1.165, 1.54) is 17.8 Å². The van der Waals surface area contributed by atoms with Gasteiger partial charge < -0.3 is 0 Å². The monoisotopic (exact) mass is 303 g/mol. The van der Waals surface area contributed by atoms with Crippen molar-refractivity contribution < 1.29 is 4.79 Å². The molecule has 0 amide bonds. The fourth-order valence-corrected chi connectivity index (χ4v) is 4.43. The standard InChI is InChI=1S/C13H18ClNOS2/c1-3-10-8-15(6-7-17-10)9(2)13(16)11-4-5-12(14)18-11/h4-5,9-10H,3,6-8H2,1-2H3. The quantitative estimate of drug-likeness (QED) is 0.789. The summed E-state index contributed by atoms with van der Waals surface area (Å²) in [6.07, 6.45) is 1.17. The molecule has 2 rings (SSSR count). The van der Waals surface area contributed by atoms with Crippen LogP contribution in [0.3, 0.4) is 0 Å². The molecule has 0 spiro atoms. The first-order chi connectivity index (χ1) is 8.61. The van der Waals surface area contributed by atoms with E-state index in [4.69, 9.17) is 11.6 Å². The zero-order chi connectivity index (χ0) is 13.1. The first-order valence-corrected chi connectivity index (χ1v) is 8.51.